The summed E-state index contributed by atoms with van der Waals surface area (Å²) in [5.74, 6) is 0. The number of hydrogen-bond acceptors (Lipinski definition) is 3. The molecule has 0 unspecified atom stereocenters. The van der Waals surface area contributed by atoms with Gasteiger partial charge >= 0.3 is 6.09 Å². The van der Waals surface area contributed by atoms with Gasteiger partial charge in [-0.2, -0.15) is 0 Å². The van der Waals surface area contributed by atoms with Gasteiger partial charge in [0.25, 0.3) is 0 Å². The van der Waals surface area contributed by atoms with Gasteiger partial charge in [0.15, 0.2) is 0 Å². The molecule has 0 aliphatic heterocycles. The molecule has 0 heterocycles. The molecular weight excluding hydrogens is 198 g/mol. The number of aliphatic hydroxyl groups excluding tert-OH is 1. The first-order valence-corrected chi connectivity index (χ1v) is 8.68. The van der Waals surface area contributed by atoms with Crippen molar-refractivity contribution in [1.29, 1.82) is 0 Å². The molecule has 0 radical (unpaired) electrons. The van der Waals surface area contributed by atoms with Crippen LogP contribution < -0.4 is 5.32 Å². The van der Waals surface area contributed by atoms with Crippen LogP contribution in [0.1, 0.15) is 6.42 Å². The van der Waals surface area contributed by atoms with E-state index in [1.54, 1.807) is 0 Å². The Morgan fingerprint density at radius 2 is 2.07 bits per heavy atom. The van der Waals surface area contributed by atoms with Gasteiger partial charge in [0.2, 0.25) is 0 Å². The molecule has 0 aromatic carbocycles. The van der Waals surface area contributed by atoms with Gasteiger partial charge in [-0.25, -0.2) is 4.79 Å². The smallest absolute Gasteiger partial charge is 0.407 e. The monoisotopic (exact) mass is 219 g/mol. The van der Waals surface area contributed by atoms with Crippen LogP contribution in [0.15, 0.2) is 0 Å². The summed E-state index contributed by atoms with van der Waals surface area (Å²) >= 11 is 0. The van der Waals surface area contributed by atoms with Crippen LogP contribution in [0.25, 0.3) is 0 Å². The van der Waals surface area contributed by atoms with Gasteiger partial charge in [-0.15, -0.1) is 0 Å². The number of alkyl carbamates (subject to hydrolysis) is 1. The lowest BCUT2D eigenvalue weighted by molar-refractivity contribution is 0.151. The number of ether oxygens (including phenoxy) is 1. The zero-order valence-corrected chi connectivity index (χ0v) is 10.3. The van der Waals surface area contributed by atoms with Crippen molar-refractivity contribution in [2.45, 2.75) is 32.1 Å². The quantitative estimate of drug-likeness (QED) is 0.525. The van der Waals surface area contributed by atoms with Crippen molar-refractivity contribution in [3.63, 3.8) is 0 Å². The van der Waals surface area contributed by atoms with Crippen molar-refractivity contribution < 1.29 is 14.6 Å². The van der Waals surface area contributed by atoms with Gasteiger partial charge in [0, 0.05) is 21.2 Å². The van der Waals surface area contributed by atoms with Crippen molar-refractivity contribution in [1.82, 2.24) is 5.32 Å². The fourth-order valence-electron chi connectivity index (χ4n) is 0.770. The molecule has 0 aliphatic rings. The van der Waals surface area contributed by atoms with Crippen molar-refractivity contribution in [2.24, 2.45) is 0 Å². The molecule has 14 heavy (non-hydrogen) atoms. The summed E-state index contributed by atoms with van der Waals surface area (Å²) < 4.78 is 4.97. The van der Waals surface area contributed by atoms with E-state index in [0.29, 0.717) is 19.6 Å². The number of hydrogen-bond donors (Lipinski definition) is 2. The fourth-order valence-corrected chi connectivity index (χ4v) is 1.48. The summed E-state index contributed by atoms with van der Waals surface area (Å²) in [6.45, 7) is 7.78. The lowest BCUT2D eigenvalue weighted by atomic mass is 10.5. The molecule has 5 heteroatoms. The highest BCUT2D eigenvalue weighted by atomic mass is 28.3. The van der Waals surface area contributed by atoms with Crippen LogP contribution >= 0.6 is 0 Å². The summed E-state index contributed by atoms with van der Waals surface area (Å²) in [5.41, 5.74) is 0. The molecule has 0 aromatic rings. The van der Waals surface area contributed by atoms with Crippen LogP contribution in [0.3, 0.4) is 0 Å². The minimum atomic E-state index is -1.11. The normalized spacial score (nSPS) is 11.1. The number of aliphatic hydroxyl groups is 1. The van der Waals surface area contributed by atoms with Crippen LogP contribution in [-0.4, -0.2) is 39.0 Å². The first-order valence-electron chi connectivity index (χ1n) is 4.97. The molecular formula is C9H21NO3Si. The summed E-state index contributed by atoms with van der Waals surface area (Å²) in [6.07, 6.45) is 0.194. The maximum absolute atomic E-state index is 11.0. The highest BCUT2D eigenvalue weighted by Gasteiger charge is 2.13. The van der Waals surface area contributed by atoms with E-state index in [-0.39, 0.29) is 12.7 Å². The van der Waals surface area contributed by atoms with E-state index in [1.165, 1.54) is 0 Å². The Bertz CT molecular complexity index is 168. The zero-order chi connectivity index (χ0) is 11.0. The third-order valence-corrected chi connectivity index (χ3v) is 3.39. The Balaban J connectivity index is 3.36. The van der Waals surface area contributed by atoms with E-state index in [0.717, 1.165) is 6.04 Å². The predicted octanol–water partition coefficient (Wildman–Crippen LogP) is 1.43. The number of nitrogens with one attached hydrogen (secondary N) is 1. The zero-order valence-electron chi connectivity index (χ0n) is 9.30. The van der Waals surface area contributed by atoms with Crippen molar-refractivity contribution in [3.8, 4) is 0 Å². The molecule has 1 amide bonds. The molecule has 4 nitrogen and oxygen atoms in total. The molecule has 0 bridgehead atoms. The van der Waals surface area contributed by atoms with Gasteiger partial charge in [0.05, 0.1) is 6.61 Å². The van der Waals surface area contributed by atoms with Crippen molar-refractivity contribution in [2.75, 3.05) is 19.8 Å². The van der Waals surface area contributed by atoms with Crippen molar-refractivity contribution >= 4 is 14.2 Å². The van der Waals surface area contributed by atoms with Crippen LogP contribution in [0.5, 0.6) is 0 Å². The second-order valence-corrected chi connectivity index (χ2v) is 10.1. The Labute approximate surface area is 86.7 Å². The number of carbonyl (C=O) groups excluding carboxylic acids is 1. The summed E-state index contributed by atoms with van der Waals surface area (Å²) in [5, 5.41) is 11.0. The molecule has 0 spiro atoms. The van der Waals surface area contributed by atoms with E-state index in [2.05, 4.69) is 25.0 Å². The largest absolute Gasteiger partial charge is 0.450 e. The highest BCUT2D eigenvalue weighted by Crippen LogP contribution is 2.07. The molecule has 0 aromatic heterocycles. The van der Waals surface area contributed by atoms with E-state index >= 15 is 0 Å². The lowest BCUT2D eigenvalue weighted by Gasteiger charge is -2.15. The first kappa shape index (κ1) is 13.4. The molecule has 0 rings (SSSR count). The summed E-state index contributed by atoms with van der Waals surface area (Å²) in [7, 11) is -1.11. The summed E-state index contributed by atoms with van der Waals surface area (Å²) in [6, 6.07) is 0.987. The number of carbonyl (C=O) groups is 1. The maximum atomic E-state index is 11.0. The number of rotatable bonds is 6. The van der Waals surface area contributed by atoms with Crippen LogP contribution in [-0.2, 0) is 4.74 Å². The van der Waals surface area contributed by atoms with Crippen molar-refractivity contribution in [3.05, 3.63) is 0 Å². The molecule has 2 N–H and O–H groups in total. The highest BCUT2D eigenvalue weighted by molar-refractivity contribution is 6.76. The lowest BCUT2D eigenvalue weighted by Crippen LogP contribution is -2.28. The molecule has 0 aliphatic carbocycles. The maximum Gasteiger partial charge on any atom is 0.407 e. The Morgan fingerprint density at radius 1 is 1.43 bits per heavy atom. The van der Waals surface area contributed by atoms with Gasteiger partial charge in [-0.3, -0.25) is 0 Å². The van der Waals surface area contributed by atoms with Crippen LogP contribution in [0.2, 0.25) is 25.7 Å². The third kappa shape index (κ3) is 9.53. The Morgan fingerprint density at radius 3 is 2.57 bits per heavy atom. The van der Waals surface area contributed by atoms with Crippen LogP contribution in [0, 0.1) is 0 Å². The Kier molecular flexibility index (Phi) is 6.57. The predicted molar refractivity (Wildman–Crippen MR) is 59.2 cm³/mol. The topological polar surface area (TPSA) is 58.6 Å². The van der Waals surface area contributed by atoms with Crippen LogP contribution in [0.4, 0.5) is 4.79 Å². The second kappa shape index (κ2) is 6.84. The van der Waals surface area contributed by atoms with Gasteiger partial charge < -0.3 is 15.2 Å². The first-order chi connectivity index (χ1) is 6.45. The van der Waals surface area contributed by atoms with E-state index < -0.39 is 8.07 Å². The second-order valence-electron chi connectivity index (χ2n) is 4.45. The Hall–Kier alpha value is -0.553. The fraction of sp³-hybridized carbons (Fsp3) is 0.889. The summed E-state index contributed by atoms with van der Waals surface area (Å²) in [4.78, 5) is 11.0. The molecule has 84 valence electrons. The van der Waals surface area contributed by atoms with Gasteiger partial charge in [-0.05, 0) is 12.5 Å². The van der Waals surface area contributed by atoms with Gasteiger partial charge in [-0.1, -0.05) is 19.6 Å². The molecule has 0 saturated heterocycles. The van der Waals surface area contributed by atoms with E-state index in [4.69, 9.17) is 9.84 Å². The standard InChI is InChI=1S/C9H21NO3Si/c1-14(2,3)8-7-13-9(12)10-5-4-6-11/h11H,4-8H2,1-3H3,(H,10,12). The third-order valence-electron chi connectivity index (χ3n) is 1.69. The SMILES string of the molecule is C[Si](C)(C)CCOC(=O)NCCCO. The minimum Gasteiger partial charge on any atom is -0.450 e. The van der Waals surface area contributed by atoms with E-state index in [1.807, 2.05) is 0 Å². The van der Waals surface area contributed by atoms with E-state index in [9.17, 15) is 4.79 Å². The molecule has 0 saturated carbocycles. The molecule has 0 fully saturated rings. The minimum absolute atomic E-state index is 0.0924. The average molecular weight is 219 g/mol. The average Bonchev–Trinajstić information content (AvgIpc) is 2.02. The number of amides is 1. The molecule has 0 atom stereocenters. The van der Waals surface area contributed by atoms with Gasteiger partial charge in [0.1, 0.15) is 0 Å².